The van der Waals surface area contributed by atoms with Gasteiger partial charge >= 0.3 is 0 Å². The Hall–Kier alpha value is -2.23. The largest absolute Gasteiger partial charge is 0.467 e. The molecular formula is C16H18N2O2. The fourth-order valence-corrected chi connectivity index (χ4v) is 2.77. The summed E-state index contributed by atoms with van der Waals surface area (Å²) in [6, 6.07) is 12.3. The van der Waals surface area contributed by atoms with Crippen LogP contribution in [0.2, 0.25) is 0 Å². The Balaban J connectivity index is 1.88. The van der Waals surface area contributed by atoms with E-state index >= 15 is 0 Å². The van der Waals surface area contributed by atoms with Crippen molar-refractivity contribution in [1.29, 1.82) is 0 Å². The van der Waals surface area contributed by atoms with Crippen LogP contribution >= 0.6 is 0 Å². The number of nitrogens with zero attached hydrogens (tertiary/aromatic N) is 1. The van der Waals surface area contributed by atoms with E-state index in [1.165, 1.54) is 18.2 Å². The van der Waals surface area contributed by atoms with Crippen molar-refractivity contribution < 1.29 is 9.21 Å². The van der Waals surface area contributed by atoms with Crippen LogP contribution in [0.25, 0.3) is 0 Å². The van der Waals surface area contributed by atoms with Crippen molar-refractivity contribution in [1.82, 2.24) is 5.32 Å². The van der Waals surface area contributed by atoms with Gasteiger partial charge in [-0.15, -0.1) is 0 Å². The number of anilines is 1. The summed E-state index contributed by atoms with van der Waals surface area (Å²) >= 11 is 0. The highest BCUT2D eigenvalue weighted by Gasteiger charge is 2.28. The number of carbonyl (C=O) groups excluding carboxylic acids is 1. The van der Waals surface area contributed by atoms with Gasteiger partial charge in [-0.25, -0.2) is 0 Å². The minimum atomic E-state index is -0.0194. The molecule has 1 aliphatic heterocycles. The zero-order valence-electron chi connectivity index (χ0n) is 11.5. The van der Waals surface area contributed by atoms with E-state index in [4.69, 9.17) is 4.42 Å². The third-order valence-electron chi connectivity index (χ3n) is 3.72. The predicted octanol–water partition coefficient (Wildman–Crippen LogP) is 2.52. The van der Waals surface area contributed by atoms with E-state index in [1.807, 2.05) is 12.1 Å². The first kappa shape index (κ1) is 12.8. The first-order valence-corrected chi connectivity index (χ1v) is 6.88. The third kappa shape index (κ3) is 2.41. The van der Waals surface area contributed by atoms with Crippen LogP contribution in [0.5, 0.6) is 0 Å². The molecule has 1 amide bonds. The summed E-state index contributed by atoms with van der Waals surface area (Å²) in [4.78, 5) is 13.5. The minimum absolute atomic E-state index is 0.0194. The fraction of sp³-hybridized carbons (Fsp3) is 0.312. The normalized spacial score (nSPS) is 14.9. The van der Waals surface area contributed by atoms with Gasteiger partial charge in [0.2, 0.25) is 5.91 Å². The summed E-state index contributed by atoms with van der Waals surface area (Å²) in [5, 5.41) is 2.90. The van der Waals surface area contributed by atoms with E-state index in [-0.39, 0.29) is 11.9 Å². The second-order valence-corrected chi connectivity index (χ2v) is 5.04. The van der Waals surface area contributed by atoms with Crippen LogP contribution in [-0.2, 0) is 11.2 Å². The van der Waals surface area contributed by atoms with Crippen molar-refractivity contribution in [3.05, 3.63) is 54.0 Å². The molecule has 104 valence electrons. The summed E-state index contributed by atoms with van der Waals surface area (Å²) in [6.07, 6.45) is 2.71. The van der Waals surface area contributed by atoms with Gasteiger partial charge in [-0.05, 0) is 30.2 Å². The van der Waals surface area contributed by atoms with E-state index in [2.05, 4.69) is 34.5 Å². The molecule has 0 spiro atoms. The van der Waals surface area contributed by atoms with Crippen LogP contribution in [0.3, 0.4) is 0 Å². The molecule has 2 heterocycles. The molecule has 0 bridgehead atoms. The van der Waals surface area contributed by atoms with Crippen LogP contribution in [0.15, 0.2) is 47.1 Å². The lowest BCUT2D eigenvalue weighted by atomic mass is 10.1. The summed E-state index contributed by atoms with van der Waals surface area (Å²) in [5.41, 5.74) is 2.59. The third-order valence-corrected chi connectivity index (χ3v) is 3.72. The molecule has 1 N–H and O–H groups in total. The Morgan fingerprint density at radius 1 is 1.35 bits per heavy atom. The van der Waals surface area contributed by atoms with Gasteiger partial charge in [-0.3, -0.25) is 4.79 Å². The maximum Gasteiger partial charge on any atom is 0.216 e. The molecule has 0 radical (unpaired) electrons. The number of carbonyl (C=O) groups is 1. The Morgan fingerprint density at radius 2 is 2.20 bits per heavy atom. The van der Waals surface area contributed by atoms with Gasteiger partial charge in [-0.1, -0.05) is 18.2 Å². The van der Waals surface area contributed by atoms with Gasteiger partial charge in [0.25, 0.3) is 0 Å². The second-order valence-electron chi connectivity index (χ2n) is 5.04. The number of benzene rings is 1. The van der Waals surface area contributed by atoms with Gasteiger partial charge < -0.3 is 14.6 Å². The fourth-order valence-electron chi connectivity index (χ4n) is 2.77. The van der Waals surface area contributed by atoms with E-state index in [0.717, 1.165) is 18.7 Å². The predicted molar refractivity (Wildman–Crippen MR) is 77.6 cm³/mol. The summed E-state index contributed by atoms with van der Waals surface area (Å²) in [7, 11) is 0. The quantitative estimate of drug-likeness (QED) is 0.928. The molecule has 20 heavy (non-hydrogen) atoms. The number of rotatable bonds is 4. The first-order valence-electron chi connectivity index (χ1n) is 6.88. The molecule has 1 aromatic carbocycles. The highest BCUT2D eigenvalue weighted by molar-refractivity contribution is 5.73. The van der Waals surface area contributed by atoms with Gasteiger partial charge in [0.15, 0.2) is 0 Å². The smallest absolute Gasteiger partial charge is 0.216 e. The molecule has 4 heteroatoms. The van der Waals surface area contributed by atoms with Crippen molar-refractivity contribution >= 4 is 11.6 Å². The average Bonchev–Trinajstić information content (AvgIpc) is 3.09. The number of nitrogens with one attached hydrogen (secondary N) is 1. The Labute approximate surface area is 118 Å². The highest BCUT2D eigenvalue weighted by Crippen LogP contribution is 2.34. The molecule has 4 nitrogen and oxygen atoms in total. The molecule has 0 saturated heterocycles. The maximum absolute atomic E-state index is 11.2. The van der Waals surface area contributed by atoms with E-state index in [1.54, 1.807) is 6.26 Å². The molecule has 0 unspecified atom stereocenters. The average molecular weight is 270 g/mol. The molecule has 3 rings (SSSR count). The lowest BCUT2D eigenvalue weighted by Crippen LogP contribution is -2.36. The summed E-state index contributed by atoms with van der Waals surface area (Å²) in [6.45, 7) is 3.04. The van der Waals surface area contributed by atoms with Gasteiger partial charge in [0.05, 0.1) is 6.26 Å². The summed E-state index contributed by atoms with van der Waals surface area (Å²) in [5.74, 6) is 0.865. The minimum Gasteiger partial charge on any atom is -0.467 e. The topological polar surface area (TPSA) is 45.5 Å². The standard InChI is InChI=1S/C16H18N2O2/c1-12(19)17-11-15(16-7-4-10-20-16)18-9-8-13-5-2-3-6-14(13)18/h2-7,10,15H,8-9,11H2,1H3,(H,17,19)/t15-/m0/s1. The second kappa shape index (κ2) is 5.41. The number of para-hydroxylation sites is 1. The summed E-state index contributed by atoms with van der Waals surface area (Å²) < 4.78 is 5.56. The van der Waals surface area contributed by atoms with Crippen LogP contribution in [-0.4, -0.2) is 19.0 Å². The number of fused-ring (bicyclic) bond motifs is 1. The maximum atomic E-state index is 11.2. The monoisotopic (exact) mass is 270 g/mol. The van der Waals surface area contributed by atoms with Crippen molar-refractivity contribution in [2.45, 2.75) is 19.4 Å². The number of amides is 1. The van der Waals surface area contributed by atoms with E-state index in [0.29, 0.717) is 6.54 Å². The SMILES string of the molecule is CC(=O)NC[C@@H](c1ccco1)N1CCc2ccccc21. The van der Waals surface area contributed by atoms with Crippen molar-refractivity contribution in [3.8, 4) is 0 Å². The number of hydrogen-bond donors (Lipinski definition) is 1. The Morgan fingerprint density at radius 3 is 2.95 bits per heavy atom. The lowest BCUT2D eigenvalue weighted by Gasteiger charge is -2.29. The molecule has 0 aliphatic carbocycles. The van der Waals surface area contributed by atoms with E-state index < -0.39 is 0 Å². The lowest BCUT2D eigenvalue weighted by molar-refractivity contribution is -0.119. The van der Waals surface area contributed by atoms with Gasteiger partial charge in [-0.2, -0.15) is 0 Å². The van der Waals surface area contributed by atoms with Crippen LogP contribution < -0.4 is 10.2 Å². The molecule has 0 fully saturated rings. The first-order chi connectivity index (χ1) is 9.75. The Kier molecular flexibility index (Phi) is 3.46. The zero-order chi connectivity index (χ0) is 13.9. The molecular weight excluding hydrogens is 252 g/mol. The van der Waals surface area contributed by atoms with Crippen molar-refractivity contribution in [2.75, 3.05) is 18.0 Å². The molecule has 2 aromatic rings. The molecule has 0 saturated carbocycles. The number of hydrogen-bond acceptors (Lipinski definition) is 3. The van der Waals surface area contributed by atoms with Crippen LogP contribution in [0.4, 0.5) is 5.69 Å². The Bertz CT molecular complexity index is 592. The molecule has 1 atom stereocenters. The van der Waals surface area contributed by atoms with Crippen LogP contribution in [0.1, 0.15) is 24.3 Å². The van der Waals surface area contributed by atoms with E-state index in [9.17, 15) is 4.79 Å². The van der Waals surface area contributed by atoms with Crippen molar-refractivity contribution in [2.24, 2.45) is 0 Å². The molecule has 1 aliphatic rings. The van der Waals surface area contributed by atoms with Gasteiger partial charge in [0.1, 0.15) is 11.8 Å². The van der Waals surface area contributed by atoms with Gasteiger partial charge in [0, 0.05) is 25.7 Å². The van der Waals surface area contributed by atoms with Crippen LogP contribution in [0, 0.1) is 0 Å². The zero-order valence-corrected chi connectivity index (χ0v) is 11.5. The van der Waals surface area contributed by atoms with Crippen molar-refractivity contribution in [3.63, 3.8) is 0 Å². The molecule has 1 aromatic heterocycles. The highest BCUT2D eigenvalue weighted by atomic mass is 16.3. The number of furan rings is 1.